The van der Waals surface area contributed by atoms with Crippen molar-refractivity contribution in [3.63, 3.8) is 0 Å². The number of carbonyl (C=O) groups excluding carboxylic acids is 3. The number of carboxylic acid groups (broad SMARTS) is 2. The fraction of sp³-hybridized carbons (Fsp3) is 0.346. The Morgan fingerprint density at radius 1 is 0.675 bits per heavy atom. The van der Waals surface area contributed by atoms with Crippen LogP contribution in [-0.4, -0.2) is 86.0 Å². The van der Waals surface area contributed by atoms with Gasteiger partial charge in [0.05, 0.1) is 12.6 Å². The van der Waals surface area contributed by atoms with Crippen molar-refractivity contribution < 1.29 is 49.5 Å². The molecule has 0 spiro atoms. The first-order valence-electron chi connectivity index (χ1n) is 12.2. The van der Waals surface area contributed by atoms with Crippen molar-refractivity contribution in [1.82, 2.24) is 16.0 Å². The Balaban J connectivity index is 2.24. The molecule has 4 unspecified atom stereocenters. The van der Waals surface area contributed by atoms with Crippen molar-refractivity contribution in [2.24, 2.45) is 5.73 Å². The SMILES string of the molecule is NC(Cc1ccc(O)cc1)C(=O)NC(Cc1ccc(O)cc1)C(=O)NC(CCC(=O)O)C(=O)NC(CO)C(=O)O. The summed E-state index contributed by atoms with van der Waals surface area (Å²) in [6.45, 7) is -0.945. The predicted molar refractivity (Wildman–Crippen MR) is 139 cm³/mol. The molecule has 2 aromatic carbocycles. The Bertz CT molecular complexity index is 1190. The van der Waals surface area contributed by atoms with Crippen molar-refractivity contribution >= 4 is 29.7 Å². The lowest BCUT2D eigenvalue weighted by atomic mass is 10.0. The average Bonchev–Trinajstić information content (AvgIpc) is 2.90. The number of nitrogens with one attached hydrogen (secondary N) is 3. The number of aromatic hydroxyl groups is 2. The second-order valence-electron chi connectivity index (χ2n) is 8.98. The highest BCUT2D eigenvalue weighted by Gasteiger charge is 2.30. The van der Waals surface area contributed by atoms with E-state index in [1.807, 2.05) is 5.32 Å². The smallest absolute Gasteiger partial charge is 0.328 e. The van der Waals surface area contributed by atoms with Crippen LogP contribution in [0.1, 0.15) is 24.0 Å². The van der Waals surface area contributed by atoms with E-state index in [4.69, 9.17) is 15.9 Å². The van der Waals surface area contributed by atoms with Crippen LogP contribution in [0.5, 0.6) is 11.5 Å². The highest BCUT2D eigenvalue weighted by atomic mass is 16.4. The molecule has 2 aromatic rings. The van der Waals surface area contributed by atoms with Gasteiger partial charge in [-0.15, -0.1) is 0 Å². The molecule has 0 saturated carbocycles. The fourth-order valence-electron chi connectivity index (χ4n) is 3.60. The van der Waals surface area contributed by atoms with Crippen LogP contribution in [-0.2, 0) is 36.8 Å². The highest BCUT2D eigenvalue weighted by Crippen LogP contribution is 2.13. The number of rotatable bonds is 15. The largest absolute Gasteiger partial charge is 0.508 e. The molecule has 216 valence electrons. The maximum Gasteiger partial charge on any atom is 0.328 e. The van der Waals surface area contributed by atoms with Gasteiger partial charge in [0.15, 0.2) is 0 Å². The topological polar surface area (TPSA) is 249 Å². The number of phenolic OH excluding ortho intramolecular Hbond substituents is 2. The Hall–Kier alpha value is -4.69. The van der Waals surface area contributed by atoms with Gasteiger partial charge in [-0.3, -0.25) is 19.2 Å². The van der Waals surface area contributed by atoms with E-state index in [2.05, 4.69) is 10.6 Å². The Labute approximate surface area is 228 Å². The number of phenols is 2. The number of aliphatic hydroxyl groups excluding tert-OH is 1. The number of aliphatic carboxylic acids is 2. The zero-order chi connectivity index (χ0) is 29.8. The van der Waals surface area contributed by atoms with E-state index in [0.717, 1.165) is 0 Å². The molecule has 10 N–H and O–H groups in total. The van der Waals surface area contributed by atoms with Crippen LogP contribution >= 0.6 is 0 Å². The van der Waals surface area contributed by atoms with Gasteiger partial charge in [-0.2, -0.15) is 0 Å². The minimum Gasteiger partial charge on any atom is -0.508 e. The van der Waals surface area contributed by atoms with E-state index in [-0.39, 0.29) is 24.3 Å². The number of benzene rings is 2. The zero-order valence-electron chi connectivity index (χ0n) is 21.3. The summed E-state index contributed by atoms with van der Waals surface area (Å²) in [6, 6.07) is 6.13. The molecular formula is C26H32N4O10. The molecule has 4 atom stereocenters. The summed E-state index contributed by atoms with van der Waals surface area (Å²) in [5.41, 5.74) is 7.19. The lowest BCUT2D eigenvalue weighted by molar-refractivity contribution is -0.144. The first-order chi connectivity index (χ1) is 18.9. The maximum atomic E-state index is 13.3. The molecule has 0 fully saturated rings. The molecule has 0 heterocycles. The van der Waals surface area contributed by atoms with Gasteiger partial charge < -0.3 is 47.2 Å². The third-order valence-corrected chi connectivity index (χ3v) is 5.81. The molecule has 0 radical (unpaired) electrons. The fourth-order valence-corrected chi connectivity index (χ4v) is 3.60. The Morgan fingerprint density at radius 2 is 1.12 bits per heavy atom. The minimum absolute atomic E-state index is 0.0301. The Morgan fingerprint density at radius 3 is 1.60 bits per heavy atom. The first kappa shape index (κ1) is 31.5. The predicted octanol–water partition coefficient (Wildman–Crippen LogP) is -1.39. The molecule has 0 bridgehead atoms. The van der Waals surface area contributed by atoms with E-state index in [1.165, 1.54) is 36.4 Å². The Kier molecular flexibility index (Phi) is 11.9. The number of nitrogens with two attached hydrogens (primary N) is 1. The van der Waals surface area contributed by atoms with Crippen molar-refractivity contribution in [3.05, 3.63) is 59.7 Å². The van der Waals surface area contributed by atoms with Crippen LogP contribution in [0.3, 0.4) is 0 Å². The van der Waals surface area contributed by atoms with Crippen molar-refractivity contribution in [2.45, 2.75) is 49.9 Å². The maximum absolute atomic E-state index is 13.3. The van der Waals surface area contributed by atoms with Gasteiger partial charge in [0.25, 0.3) is 0 Å². The van der Waals surface area contributed by atoms with E-state index in [9.17, 15) is 39.3 Å². The van der Waals surface area contributed by atoms with Crippen LogP contribution < -0.4 is 21.7 Å². The van der Waals surface area contributed by atoms with Gasteiger partial charge in [-0.1, -0.05) is 24.3 Å². The summed E-state index contributed by atoms with van der Waals surface area (Å²) in [4.78, 5) is 61.2. The van der Waals surface area contributed by atoms with Gasteiger partial charge in [0.1, 0.15) is 29.6 Å². The number of aliphatic hydroxyl groups is 1. The molecule has 0 saturated heterocycles. The average molecular weight is 561 g/mol. The van der Waals surface area contributed by atoms with E-state index >= 15 is 0 Å². The second kappa shape index (κ2) is 15.0. The van der Waals surface area contributed by atoms with Gasteiger partial charge in [0, 0.05) is 12.8 Å². The van der Waals surface area contributed by atoms with E-state index in [1.54, 1.807) is 12.1 Å². The number of carbonyl (C=O) groups is 5. The van der Waals surface area contributed by atoms with Crippen LogP contribution in [0.2, 0.25) is 0 Å². The summed E-state index contributed by atoms with van der Waals surface area (Å²) in [6.07, 6.45) is -1.00. The molecule has 14 nitrogen and oxygen atoms in total. The van der Waals surface area contributed by atoms with Crippen molar-refractivity contribution in [3.8, 4) is 11.5 Å². The van der Waals surface area contributed by atoms with Gasteiger partial charge >= 0.3 is 11.9 Å². The molecule has 40 heavy (non-hydrogen) atoms. The van der Waals surface area contributed by atoms with E-state index < -0.39 is 73.3 Å². The van der Waals surface area contributed by atoms with Gasteiger partial charge in [-0.25, -0.2) is 4.79 Å². The monoisotopic (exact) mass is 560 g/mol. The number of carboxylic acids is 2. The second-order valence-corrected chi connectivity index (χ2v) is 8.98. The normalized spacial score (nSPS) is 13.8. The molecule has 3 amide bonds. The first-order valence-corrected chi connectivity index (χ1v) is 12.2. The third-order valence-electron chi connectivity index (χ3n) is 5.81. The standard InChI is InChI=1S/C26H32N4O10/c27-18(11-14-1-5-16(32)6-2-14)23(36)29-20(12-15-3-7-17(33)8-4-15)25(38)28-19(9-10-22(34)35)24(37)30-21(13-31)26(39)40/h1-8,18-21,31-33H,9-13,27H2,(H,28,38)(H,29,36)(H,30,37)(H,34,35)(H,39,40). The molecule has 0 aliphatic carbocycles. The summed E-state index contributed by atoms with van der Waals surface area (Å²) in [5, 5.41) is 53.3. The van der Waals surface area contributed by atoms with Crippen molar-refractivity contribution in [2.75, 3.05) is 6.61 Å². The lowest BCUT2D eigenvalue weighted by Gasteiger charge is -2.25. The van der Waals surface area contributed by atoms with Crippen LogP contribution in [0.15, 0.2) is 48.5 Å². The van der Waals surface area contributed by atoms with Crippen LogP contribution in [0.4, 0.5) is 0 Å². The lowest BCUT2D eigenvalue weighted by Crippen LogP contribution is -2.58. The van der Waals surface area contributed by atoms with Gasteiger partial charge in [-0.05, 0) is 48.2 Å². The molecule has 0 aliphatic rings. The van der Waals surface area contributed by atoms with E-state index in [0.29, 0.717) is 11.1 Å². The molecular weight excluding hydrogens is 528 g/mol. The third kappa shape index (κ3) is 10.2. The number of hydrogen-bond donors (Lipinski definition) is 9. The van der Waals surface area contributed by atoms with Gasteiger partial charge in [0.2, 0.25) is 17.7 Å². The molecule has 0 aliphatic heterocycles. The van der Waals surface area contributed by atoms with Crippen molar-refractivity contribution in [1.29, 1.82) is 0 Å². The highest BCUT2D eigenvalue weighted by molar-refractivity contribution is 5.94. The minimum atomic E-state index is -1.69. The number of amides is 3. The quantitative estimate of drug-likeness (QED) is 0.123. The number of hydrogen-bond acceptors (Lipinski definition) is 9. The molecule has 14 heteroatoms. The summed E-state index contributed by atoms with van der Waals surface area (Å²) in [5.74, 6) is -5.48. The summed E-state index contributed by atoms with van der Waals surface area (Å²) >= 11 is 0. The molecule has 0 aromatic heterocycles. The zero-order valence-corrected chi connectivity index (χ0v) is 21.3. The summed E-state index contributed by atoms with van der Waals surface area (Å²) in [7, 11) is 0. The summed E-state index contributed by atoms with van der Waals surface area (Å²) < 4.78 is 0. The van der Waals surface area contributed by atoms with Crippen LogP contribution in [0.25, 0.3) is 0 Å². The van der Waals surface area contributed by atoms with Crippen LogP contribution in [0, 0.1) is 0 Å². The molecule has 2 rings (SSSR count).